The molecule has 156 valence electrons. The molecule has 0 aliphatic heterocycles. The molecule has 1 aromatic heterocycles. The zero-order valence-electron chi connectivity index (χ0n) is 17.2. The molecule has 0 aliphatic carbocycles. The van der Waals surface area contributed by atoms with Crippen molar-refractivity contribution in [1.82, 2.24) is 10.3 Å². The minimum absolute atomic E-state index is 0.232. The largest absolute Gasteiger partial charge is 0.490 e. The van der Waals surface area contributed by atoms with E-state index in [4.69, 9.17) is 9.47 Å². The highest BCUT2D eigenvalue weighted by Gasteiger charge is 2.11. The molecule has 5 heteroatoms. The summed E-state index contributed by atoms with van der Waals surface area (Å²) in [5.41, 5.74) is 4.56. The number of H-pyrrole nitrogens is 1. The SMILES string of the molecule is Cc1ccccc1COCCNCC(O)COc1cccc2[nH]c3ccccc3c12. The fourth-order valence-corrected chi connectivity index (χ4v) is 3.60. The van der Waals surface area contributed by atoms with Crippen molar-refractivity contribution in [2.75, 3.05) is 26.3 Å². The van der Waals surface area contributed by atoms with Gasteiger partial charge in [-0.2, -0.15) is 0 Å². The Bertz CT molecular complexity index is 1110. The fourth-order valence-electron chi connectivity index (χ4n) is 3.60. The Morgan fingerprint density at radius 3 is 2.67 bits per heavy atom. The second kappa shape index (κ2) is 9.76. The molecule has 4 aromatic rings. The number of rotatable bonds is 10. The molecule has 0 bridgehead atoms. The Morgan fingerprint density at radius 1 is 0.967 bits per heavy atom. The average Bonchev–Trinajstić information content (AvgIpc) is 3.15. The maximum atomic E-state index is 10.3. The molecular formula is C25H28N2O3. The van der Waals surface area contributed by atoms with Gasteiger partial charge >= 0.3 is 0 Å². The average molecular weight is 405 g/mol. The second-order valence-corrected chi connectivity index (χ2v) is 7.50. The molecule has 30 heavy (non-hydrogen) atoms. The third-order valence-electron chi connectivity index (χ3n) is 5.25. The van der Waals surface area contributed by atoms with E-state index in [1.165, 1.54) is 11.1 Å². The van der Waals surface area contributed by atoms with Crippen molar-refractivity contribution in [3.63, 3.8) is 0 Å². The lowest BCUT2D eigenvalue weighted by Crippen LogP contribution is -2.33. The Balaban J connectivity index is 1.22. The lowest BCUT2D eigenvalue weighted by molar-refractivity contribution is 0.0960. The van der Waals surface area contributed by atoms with Gasteiger partial charge in [0.15, 0.2) is 0 Å². The molecule has 3 aromatic carbocycles. The highest BCUT2D eigenvalue weighted by Crippen LogP contribution is 2.32. The predicted molar refractivity (Wildman–Crippen MR) is 121 cm³/mol. The van der Waals surface area contributed by atoms with Gasteiger partial charge < -0.3 is 24.9 Å². The fraction of sp³-hybridized carbons (Fsp3) is 0.280. The number of aromatic amines is 1. The number of hydrogen-bond acceptors (Lipinski definition) is 4. The highest BCUT2D eigenvalue weighted by molar-refractivity contribution is 6.10. The number of nitrogens with one attached hydrogen (secondary N) is 2. The number of aromatic nitrogens is 1. The number of benzene rings is 3. The standard InChI is InChI=1S/C25H28N2O3/c1-18-7-2-3-8-19(18)16-29-14-13-26-15-20(28)17-30-24-12-6-11-23-25(24)21-9-4-5-10-22(21)27-23/h2-12,20,26-28H,13-17H2,1H3. The van der Waals surface area contributed by atoms with E-state index in [2.05, 4.69) is 41.5 Å². The smallest absolute Gasteiger partial charge is 0.129 e. The van der Waals surface area contributed by atoms with Crippen LogP contribution in [0.4, 0.5) is 0 Å². The molecule has 0 radical (unpaired) electrons. The molecular weight excluding hydrogens is 376 g/mol. The number of para-hydroxylation sites is 1. The molecule has 0 aliphatic rings. The summed E-state index contributed by atoms with van der Waals surface area (Å²) in [6.45, 7) is 4.66. The summed E-state index contributed by atoms with van der Waals surface area (Å²) in [7, 11) is 0. The summed E-state index contributed by atoms with van der Waals surface area (Å²) in [5.74, 6) is 0.783. The molecule has 0 spiro atoms. The Kier molecular flexibility index (Phi) is 6.64. The number of ether oxygens (including phenoxy) is 2. The van der Waals surface area contributed by atoms with Crippen LogP contribution in [0, 0.1) is 6.92 Å². The monoisotopic (exact) mass is 404 g/mol. The van der Waals surface area contributed by atoms with Crippen molar-refractivity contribution in [2.24, 2.45) is 0 Å². The van der Waals surface area contributed by atoms with Crippen molar-refractivity contribution >= 4 is 21.8 Å². The van der Waals surface area contributed by atoms with E-state index in [0.29, 0.717) is 26.3 Å². The van der Waals surface area contributed by atoms with Gasteiger partial charge in [0, 0.05) is 29.4 Å². The Labute approximate surface area is 176 Å². The highest BCUT2D eigenvalue weighted by atomic mass is 16.5. The zero-order valence-corrected chi connectivity index (χ0v) is 17.2. The quantitative estimate of drug-likeness (QED) is 0.347. The second-order valence-electron chi connectivity index (χ2n) is 7.50. The van der Waals surface area contributed by atoms with E-state index in [0.717, 1.165) is 27.6 Å². The summed E-state index contributed by atoms with van der Waals surface area (Å²) in [6.07, 6.45) is -0.596. The van der Waals surface area contributed by atoms with Crippen LogP contribution in [0.1, 0.15) is 11.1 Å². The number of aliphatic hydroxyl groups excluding tert-OH is 1. The van der Waals surface area contributed by atoms with E-state index in [1.807, 2.05) is 42.5 Å². The van der Waals surface area contributed by atoms with Crippen LogP contribution < -0.4 is 10.1 Å². The Hall–Kier alpha value is -2.86. The van der Waals surface area contributed by atoms with Gasteiger partial charge in [0.1, 0.15) is 18.5 Å². The topological polar surface area (TPSA) is 66.5 Å². The van der Waals surface area contributed by atoms with Crippen LogP contribution in [0.25, 0.3) is 21.8 Å². The third-order valence-corrected chi connectivity index (χ3v) is 5.25. The van der Waals surface area contributed by atoms with Gasteiger partial charge in [0.05, 0.1) is 18.7 Å². The zero-order chi connectivity index (χ0) is 20.8. The predicted octanol–water partition coefficient (Wildman–Crippen LogP) is 4.18. The van der Waals surface area contributed by atoms with Crippen LogP contribution in [0.5, 0.6) is 5.75 Å². The molecule has 5 nitrogen and oxygen atoms in total. The molecule has 1 heterocycles. The van der Waals surface area contributed by atoms with Crippen LogP contribution in [0.2, 0.25) is 0 Å². The van der Waals surface area contributed by atoms with Crippen molar-refractivity contribution in [3.05, 3.63) is 77.9 Å². The molecule has 0 saturated carbocycles. The first-order valence-electron chi connectivity index (χ1n) is 10.4. The van der Waals surface area contributed by atoms with E-state index in [-0.39, 0.29) is 6.61 Å². The van der Waals surface area contributed by atoms with Crippen LogP contribution >= 0.6 is 0 Å². The maximum absolute atomic E-state index is 10.3. The minimum Gasteiger partial charge on any atom is -0.490 e. The summed E-state index contributed by atoms with van der Waals surface area (Å²) in [5, 5.41) is 15.7. The number of hydrogen-bond donors (Lipinski definition) is 3. The van der Waals surface area contributed by atoms with Crippen molar-refractivity contribution in [3.8, 4) is 5.75 Å². The summed E-state index contributed by atoms with van der Waals surface area (Å²) < 4.78 is 11.7. The van der Waals surface area contributed by atoms with Crippen molar-refractivity contribution in [1.29, 1.82) is 0 Å². The van der Waals surface area contributed by atoms with E-state index >= 15 is 0 Å². The molecule has 4 rings (SSSR count). The lowest BCUT2D eigenvalue weighted by Gasteiger charge is -2.14. The first-order valence-corrected chi connectivity index (χ1v) is 10.4. The van der Waals surface area contributed by atoms with Gasteiger partial charge in [-0.15, -0.1) is 0 Å². The van der Waals surface area contributed by atoms with Gasteiger partial charge in [-0.05, 0) is 36.2 Å². The van der Waals surface area contributed by atoms with Gasteiger partial charge in [-0.25, -0.2) is 0 Å². The van der Waals surface area contributed by atoms with E-state index < -0.39 is 6.10 Å². The number of aliphatic hydroxyl groups is 1. The van der Waals surface area contributed by atoms with Crippen LogP contribution in [0.3, 0.4) is 0 Å². The summed E-state index contributed by atoms with van der Waals surface area (Å²) in [6, 6.07) is 22.3. The van der Waals surface area contributed by atoms with Crippen LogP contribution in [-0.4, -0.2) is 42.5 Å². The summed E-state index contributed by atoms with van der Waals surface area (Å²) >= 11 is 0. The molecule has 0 fully saturated rings. The minimum atomic E-state index is -0.596. The lowest BCUT2D eigenvalue weighted by atomic mass is 10.1. The van der Waals surface area contributed by atoms with Gasteiger partial charge in [-0.1, -0.05) is 48.5 Å². The summed E-state index contributed by atoms with van der Waals surface area (Å²) in [4.78, 5) is 3.41. The first-order chi connectivity index (χ1) is 14.7. The van der Waals surface area contributed by atoms with Crippen molar-refractivity contribution in [2.45, 2.75) is 19.6 Å². The normalized spacial score (nSPS) is 12.5. The third kappa shape index (κ3) is 4.82. The van der Waals surface area contributed by atoms with Crippen molar-refractivity contribution < 1.29 is 14.6 Å². The molecule has 0 amide bonds. The molecule has 1 atom stereocenters. The van der Waals surface area contributed by atoms with E-state index in [1.54, 1.807) is 0 Å². The maximum Gasteiger partial charge on any atom is 0.129 e. The first kappa shape index (κ1) is 20.4. The van der Waals surface area contributed by atoms with Gasteiger partial charge in [0.2, 0.25) is 0 Å². The van der Waals surface area contributed by atoms with E-state index in [9.17, 15) is 5.11 Å². The van der Waals surface area contributed by atoms with Gasteiger partial charge in [-0.3, -0.25) is 0 Å². The van der Waals surface area contributed by atoms with Crippen LogP contribution in [0.15, 0.2) is 66.7 Å². The molecule has 1 unspecified atom stereocenters. The number of fused-ring (bicyclic) bond motifs is 3. The number of aryl methyl sites for hydroxylation is 1. The molecule has 0 saturated heterocycles. The Morgan fingerprint density at radius 2 is 1.77 bits per heavy atom. The van der Waals surface area contributed by atoms with Crippen LogP contribution in [-0.2, 0) is 11.3 Å². The van der Waals surface area contributed by atoms with Gasteiger partial charge in [0.25, 0.3) is 0 Å². The molecule has 3 N–H and O–H groups in total.